The SMILES string of the molecule is CCCCC1=NN2C(=N)/C(=C\c3ccc(-c4ccc(Cl)cc4)o3)C(=O)N=C2S1. The largest absolute Gasteiger partial charge is 0.457 e. The number of carbonyl (C=O) groups is 1. The number of thioether (sulfide) groups is 1. The van der Waals surface area contributed by atoms with Crippen molar-refractivity contribution in [3.05, 3.63) is 52.8 Å². The van der Waals surface area contributed by atoms with E-state index in [9.17, 15) is 4.79 Å². The van der Waals surface area contributed by atoms with E-state index < -0.39 is 5.91 Å². The molecule has 0 saturated carbocycles. The number of aliphatic imine (C=N–C) groups is 1. The average molecular weight is 413 g/mol. The second kappa shape index (κ2) is 7.77. The van der Waals surface area contributed by atoms with E-state index in [1.165, 1.54) is 22.8 Å². The number of furan rings is 1. The summed E-state index contributed by atoms with van der Waals surface area (Å²) in [4.78, 5) is 16.5. The van der Waals surface area contributed by atoms with Crippen LogP contribution in [0.4, 0.5) is 0 Å². The summed E-state index contributed by atoms with van der Waals surface area (Å²) >= 11 is 7.27. The van der Waals surface area contributed by atoms with Crippen molar-refractivity contribution >= 4 is 51.4 Å². The molecule has 2 aliphatic rings. The van der Waals surface area contributed by atoms with E-state index in [1.54, 1.807) is 18.2 Å². The fraction of sp³-hybridized carbons (Fsp3) is 0.200. The van der Waals surface area contributed by atoms with Gasteiger partial charge in [0.25, 0.3) is 5.91 Å². The third kappa shape index (κ3) is 3.68. The molecule has 3 heterocycles. The number of hydrazone groups is 1. The first-order chi connectivity index (χ1) is 13.5. The summed E-state index contributed by atoms with van der Waals surface area (Å²) in [5.41, 5.74) is 1.03. The van der Waals surface area contributed by atoms with Gasteiger partial charge >= 0.3 is 0 Å². The molecular formula is C20H17ClN4O2S. The second-order valence-corrected chi connectivity index (χ2v) is 7.80. The van der Waals surface area contributed by atoms with Crippen molar-refractivity contribution in [1.29, 1.82) is 5.41 Å². The number of fused-ring (bicyclic) bond motifs is 1. The monoisotopic (exact) mass is 412 g/mol. The Bertz CT molecular complexity index is 1040. The van der Waals surface area contributed by atoms with E-state index in [0.717, 1.165) is 29.9 Å². The first-order valence-electron chi connectivity index (χ1n) is 8.90. The Morgan fingerprint density at radius 2 is 2.04 bits per heavy atom. The highest BCUT2D eigenvalue weighted by molar-refractivity contribution is 8.26. The molecule has 0 bridgehead atoms. The van der Waals surface area contributed by atoms with Crippen molar-refractivity contribution < 1.29 is 9.21 Å². The van der Waals surface area contributed by atoms with E-state index >= 15 is 0 Å². The molecule has 0 radical (unpaired) electrons. The number of nitrogens with zero attached hydrogens (tertiary/aromatic N) is 3. The van der Waals surface area contributed by atoms with Crippen molar-refractivity contribution in [2.24, 2.45) is 10.1 Å². The number of benzene rings is 1. The molecular weight excluding hydrogens is 396 g/mol. The Hall–Kier alpha value is -2.64. The smallest absolute Gasteiger partial charge is 0.283 e. The van der Waals surface area contributed by atoms with Crippen LogP contribution < -0.4 is 0 Å². The number of carbonyl (C=O) groups excluding carboxylic acids is 1. The highest BCUT2D eigenvalue weighted by Gasteiger charge is 2.35. The molecule has 0 spiro atoms. The zero-order valence-electron chi connectivity index (χ0n) is 15.1. The zero-order valence-corrected chi connectivity index (χ0v) is 16.7. The van der Waals surface area contributed by atoms with Crippen LogP contribution in [0, 0.1) is 5.41 Å². The summed E-state index contributed by atoms with van der Waals surface area (Å²) in [6, 6.07) is 10.9. The number of hydrogen-bond acceptors (Lipinski definition) is 5. The minimum atomic E-state index is -0.458. The molecule has 2 aliphatic heterocycles. The Kier molecular flexibility index (Phi) is 5.19. The number of nitrogens with one attached hydrogen (secondary N) is 1. The van der Waals surface area contributed by atoms with Crippen LogP contribution in [-0.4, -0.2) is 27.0 Å². The lowest BCUT2D eigenvalue weighted by molar-refractivity contribution is -0.114. The van der Waals surface area contributed by atoms with Crippen molar-refractivity contribution in [2.75, 3.05) is 0 Å². The number of halogens is 1. The van der Waals surface area contributed by atoms with Crippen LogP contribution in [0.15, 0.2) is 56.5 Å². The number of hydrogen-bond donors (Lipinski definition) is 1. The topological polar surface area (TPSA) is 82.0 Å². The average Bonchev–Trinajstić information content (AvgIpc) is 3.31. The predicted molar refractivity (Wildman–Crippen MR) is 114 cm³/mol. The molecule has 0 aliphatic carbocycles. The molecule has 0 unspecified atom stereocenters. The summed E-state index contributed by atoms with van der Waals surface area (Å²) in [5, 5.41) is 16.2. The molecule has 1 aromatic carbocycles. The van der Waals surface area contributed by atoms with Crippen LogP contribution in [0.5, 0.6) is 0 Å². The van der Waals surface area contributed by atoms with Crippen LogP contribution >= 0.6 is 23.4 Å². The maximum Gasteiger partial charge on any atom is 0.283 e. The summed E-state index contributed by atoms with van der Waals surface area (Å²) in [6.45, 7) is 2.11. The quantitative estimate of drug-likeness (QED) is 0.665. The van der Waals surface area contributed by atoms with E-state index in [1.807, 2.05) is 18.2 Å². The number of amides is 1. The number of rotatable bonds is 5. The molecule has 1 aromatic heterocycles. The third-order valence-electron chi connectivity index (χ3n) is 4.28. The van der Waals surface area contributed by atoms with E-state index in [2.05, 4.69) is 17.0 Å². The maximum atomic E-state index is 12.4. The minimum absolute atomic E-state index is 0.0124. The normalized spacial score (nSPS) is 17.8. The second-order valence-electron chi connectivity index (χ2n) is 6.33. The van der Waals surface area contributed by atoms with Crippen LogP contribution in [0.25, 0.3) is 17.4 Å². The fourth-order valence-electron chi connectivity index (χ4n) is 2.80. The standard InChI is InChI=1S/C20H17ClN4O2S/c1-2-3-4-17-24-25-18(22)15(19(26)23-20(25)28-17)11-14-9-10-16(27-14)12-5-7-13(21)8-6-12/h5-11,22H,2-4H2,1H3/b15-11+,22-18?. The lowest BCUT2D eigenvalue weighted by Gasteiger charge is -2.19. The van der Waals surface area contributed by atoms with Gasteiger partial charge in [-0.05, 0) is 67.1 Å². The van der Waals surface area contributed by atoms with E-state index in [4.69, 9.17) is 21.4 Å². The summed E-state index contributed by atoms with van der Waals surface area (Å²) < 4.78 is 5.82. The molecule has 1 N–H and O–H groups in total. The van der Waals surface area contributed by atoms with Gasteiger partial charge in [-0.15, -0.1) is 0 Å². The molecule has 1 amide bonds. The van der Waals surface area contributed by atoms with Crippen molar-refractivity contribution in [1.82, 2.24) is 5.01 Å². The summed E-state index contributed by atoms with van der Waals surface area (Å²) in [6.07, 6.45) is 4.42. The van der Waals surface area contributed by atoms with Crippen LogP contribution in [0.2, 0.25) is 5.02 Å². The van der Waals surface area contributed by atoms with Crippen LogP contribution in [0.3, 0.4) is 0 Å². The van der Waals surface area contributed by atoms with Gasteiger partial charge in [-0.2, -0.15) is 15.1 Å². The van der Waals surface area contributed by atoms with Crippen LogP contribution in [-0.2, 0) is 4.79 Å². The van der Waals surface area contributed by atoms with Crippen molar-refractivity contribution in [3.63, 3.8) is 0 Å². The minimum Gasteiger partial charge on any atom is -0.457 e. The van der Waals surface area contributed by atoms with Gasteiger partial charge in [-0.1, -0.05) is 24.9 Å². The maximum absolute atomic E-state index is 12.4. The molecule has 8 heteroatoms. The Balaban J connectivity index is 1.59. The van der Waals surface area contributed by atoms with Gasteiger partial charge in [-0.3, -0.25) is 10.2 Å². The summed E-state index contributed by atoms with van der Waals surface area (Å²) in [5.74, 6) is 0.677. The van der Waals surface area contributed by atoms with Gasteiger partial charge < -0.3 is 4.42 Å². The van der Waals surface area contributed by atoms with Crippen LogP contribution in [0.1, 0.15) is 31.9 Å². The Labute approximate surface area is 171 Å². The van der Waals surface area contributed by atoms with Gasteiger partial charge in [0.1, 0.15) is 16.6 Å². The molecule has 6 nitrogen and oxygen atoms in total. The van der Waals surface area contributed by atoms with Crippen molar-refractivity contribution in [3.8, 4) is 11.3 Å². The fourth-order valence-corrected chi connectivity index (χ4v) is 3.86. The third-order valence-corrected chi connectivity index (χ3v) is 5.50. The first-order valence-corrected chi connectivity index (χ1v) is 10.1. The van der Waals surface area contributed by atoms with Gasteiger partial charge in [0.15, 0.2) is 5.84 Å². The van der Waals surface area contributed by atoms with E-state index in [-0.39, 0.29) is 11.4 Å². The highest BCUT2D eigenvalue weighted by Crippen LogP contribution is 2.31. The first kappa shape index (κ1) is 18.7. The number of amidine groups is 2. The predicted octanol–water partition coefficient (Wildman–Crippen LogP) is 5.41. The van der Waals surface area contributed by atoms with E-state index in [0.29, 0.717) is 21.7 Å². The molecule has 2 aromatic rings. The Morgan fingerprint density at radius 1 is 1.25 bits per heavy atom. The zero-order chi connectivity index (χ0) is 19.7. The molecule has 0 saturated heterocycles. The molecule has 0 fully saturated rings. The molecule has 28 heavy (non-hydrogen) atoms. The highest BCUT2D eigenvalue weighted by atomic mass is 35.5. The lowest BCUT2D eigenvalue weighted by Crippen LogP contribution is -2.35. The summed E-state index contributed by atoms with van der Waals surface area (Å²) in [7, 11) is 0. The molecule has 4 rings (SSSR count). The molecule has 142 valence electrons. The lowest BCUT2D eigenvalue weighted by atomic mass is 10.1. The molecule has 0 atom stereocenters. The van der Waals surface area contributed by atoms with Crippen molar-refractivity contribution in [2.45, 2.75) is 26.2 Å². The van der Waals surface area contributed by atoms with Gasteiger partial charge in [0.05, 0.1) is 5.57 Å². The number of unbranched alkanes of at least 4 members (excludes halogenated alkanes) is 1. The van der Waals surface area contributed by atoms with Gasteiger partial charge in [-0.25, -0.2) is 0 Å². The van der Waals surface area contributed by atoms with Gasteiger partial charge in [0, 0.05) is 10.6 Å². The van der Waals surface area contributed by atoms with Gasteiger partial charge in [0.2, 0.25) is 5.17 Å². The Morgan fingerprint density at radius 3 is 2.79 bits per heavy atom.